The van der Waals surface area contributed by atoms with Gasteiger partial charge in [0.25, 0.3) is 6.01 Å². The van der Waals surface area contributed by atoms with E-state index in [-0.39, 0.29) is 18.2 Å². The first kappa shape index (κ1) is 16.4. The van der Waals surface area contributed by atoms with Crippen LogP contribution in [-0.2, 0) is 9.53 Å². The van der Waals surface area contributed by atoms with Gasteiger partial charge >= 0.3 is 5.97 Å². The summed E-state index contributed by atoms with van der Waals surface area (Å²) < 4.78 is 10.3. The molecule has 4 rings (SSSR count). The van der Waals surface area contributed by atoms with Crippen LogP contribution in [0.15, 0.2) is 34.9 Å². The maximum atomic E-state index is 12.6. The number of anilines is 3. The Morgan fingerprint density at radius 2 is 2.04 bits per heavy atom. The molecule has 8 nitrogen and oxygen atoms in total. The van der Waals surface area contributed by atoms with E-state index in [0.717, 1.165) is 11.4 Å². The van der Waals surface area contributed by atoms with Crippen molar-refractivity contribution >= 4 is 29.3 Å². The number of piperidine rings is 1. The fourth-order valence-electron chi connectivity index (χ4n) is 3.40. The van der Waals surface area contributed by atoms with E-state index < -0.39 is 11.5 Å². The minimum Gasteiger partial charge on any atom is -0.461 e. The van der Waals surface area contributed by atoms with Crippen LogP contribution in [0, 0.1) is 0 Å². The highest BCUT2D eigenvalue weighted by Crippen LogP contribution is 2.37. The first-order valence-electron chi connectivity index (χ1n) is 8.67. The lowest BCUT2D eigenvalue weighted by molar-refractivity contribution is -0.121. The summed E-state index contributed by atoms with van der Waals surface area (Å²) in [4.78, 5) is 30.5. The third-order valence-corrected chi connectivity index (χ3v) is 4.85. The lowest BCUT2D eigenvalue weighted by atomic mass is 9.84. The van der Waals surface area contributed by atoms with Crippen LogP contribution < -0.4 is 15.5 Å². The summed E-state index contributed by atoms with van der Waals surface area (Å²) in [6.07, 6.45) is 2.51. The molecule has 136 valence electrons. The van der Waals surface area contributed by atoms with Gasteiger partial charge in [-0.15, -0.1) is 0 Å². The number of nitrogens with zero attached hydrogens (tertiary/aromatic N) is 2. The summed E-state index contributed by atoms with van der Waals surface area (Å²) in [5, 5.41) is 6.40. The standard InChI is InChI=1S/C18H20N4O4/c1-2-25-15(23)14-11-26-17(20-14)22-9-7-18(8-10-22)16(24)19-12-5-3-4-6-13(12)21-18/h3-6,11,21H,2,7-10H2,1H3,(H,19,24). The van der Waals surface area contributed by atoms with Crippen molar-refractivity contribution in [2.24, 2.45) is 0 Å². The highest BCUT2D eigenvalue weighted by Gasteiger charge is 2.44. The number of hydrogen-bond donors (Lipinski definition) is 2. The highest BCUT2D eigenvalue weighted by molar-refractivity contribution is 6.06. The van der Waals surface area contributed by atoms with E-state index in [1.165, 1.54) is 6.26 Å². The average Bonchev–Trinajstić information content (AvgIpc) is 3.14. The quantitative estimate of drug-likeness (QED) is 0.814. The number of para-hydroxylation sites is 2. The van der Waals surface area contributed by atoms with Crippen LogP contribution in [0.2, 0.25) is 0 Å². The van der Waals surface area contributed by atoms with Crippen molar-refractivity contribution in [1.29, 1.82) is 0 Å². The van der Waals surface area contributed by atoms with Crippen LogP contribution in [0.3, 0.4) is 0 Å². The van der Waals surface area contributed by atoms with Gasteiger partial charge in [-0.05, 0) is 31.9 Å². The molecule has 8 heteroatoms. The number of hydrogen-bond acceptors (Lipinski definition) is 7. The first-order valence-corrected chi connectivity index (χ1v) is 8.67. The molecule has 0 bridgehead atoms. The predicted octanol–water partition coefficient (Wildman–Crippen LogP) is 2.25. The van der Waals surface area contributed by atoms with E-state index in [0.29, 0.717) is 31.9 Å². The second-order valence-electron chi connectivity index (χ2n) is 6.43. The molecule has 2 aromatic rings. The van der Waals surface area contributed by atoms with Crippen LogP contribution in [-0.4, -0.2) is 42.1 Å². The minimum absolute atomic E-state index is 0.0181. The zero-order valence-electron chi connectivity index (χ0n) is 14.4. The van der Waals surface area contributed by atoms with E-state index in [4.69, 9.17) is 9.15 Å². The number of nitrogens with one attached hydrogen (secondary N) is 2. The Bertz CT molecular complexity index is 839. The Morgan fingerprint density at radius 3 is 2.77 bits per heavy atom. The number of rotatable bonds is 3. The SMILES string of the molecule is CCOC(=O)c1coc(N2CCC3(CC2)Nc2ccccc2NC3=O)n1. The third-order valence-electron chi connectivity index (χ3n) is 4.85. The minimum atomic E-state index is -0.637. The van der Waals surface area contributed by atoms with E-state index >= 15 is 0 Å². The molecule has 1 aromatic heterocycles. The van der Waals surface area contributed by atoms with Crippen molar-refractivity contribution in [1.82, 2.24) is 4.98 Å². The molecule has 0 radical (unpaired) electrons. The second-order valence-corrected chi connectivity index (χ2v) is 6.43. The maximum Gasteiger partial charge on any atom is 0.360 e. The number of esters is 1. The Balaban J connectivity index is 1.46. The smallest absolute Gasteiger partial charge is 0.360 e. The molecule has 0 atom stereocenters. The lowest BCUT2D eigenvalue weighted by Crippen LogP contribution is -2.58. The van der Waals surface area contributed by atoms with Gasteiger partial charge in [-0.3, -0.25) is 4.79 Å². The fourth-order valence-corrected chi connectivity index (χ4v) is 3.40. The average molecular weight is 356 g/mol. The molecule has 1 aromatic carbocycles. The van der Waals surface area contributed by atoms with Crippen LogP contribution in [0.4, 0.5) is 17.4 Å². The van der Waals surface area contributed by atoms with Gasteiger partial charge in [0.05, 0.1) is 18.0 Å². The number of aromatic nitrogens is 1. The van der Waals surface area contributed by atoms with Crippen molar-refractivity contribution in [3.63, 3.8) is 0 Å². The number of fused-ring (bicyclic) bond motifs is 1. The summed E-state index contributed by atoms with van der Waals surface area (Å²) in [6.45, 7) is 3.20. The Kier molecular flexibility index (Phi) is 4.02. The molecule has 2 aliphatic heterocycles. The molecular weight excluding hydrogens is 336 g/mol. The fraction of sp³-hybridized carbons (Fsp3) is 0.389. The van der Waals surface area contributed by atoms with Crippen molar-refractivity contribution < 1.29 is 18.7 Å². The second kappa shape index (κ2) is 6.36. The monoisotopic (exact) mass is 356 g/mol. The van der Waals surface area contributed by atoms with Crippen molar-refractivity contribution in [3.8, 4) is 0 Å². The number of amides is 1. The van der Waals surface area contributed by atoms with Gasteiger partial charge in [0.2, 0.25) is 5.91 Å². The highest BCUT2D eigenvalue weighted by atomic mass is 16.5. The van der Waals surface area contributed by atoms with Crippen LogP contribution in [0.25, 0.3) is 0 Å². The molecule has 1 amide bonds. The largest absolute Gasteiger partial charge is 0.461 e. The van der Waals surface area contributed by atoms with Gasteiger partial charge in [0.1, 0.15) is 11.8 Å². The van der Waals surface area contributed by atoms with Crippen molar-refractivity contribution in [2.45, 2.75) is 25.3 Å². The Hall–Kier alpha value is -3.03. The third kappa shape index (κ3) is 2.77. The zero-order valence-corrected chi connectivity index (χ0v) is 14.4. The Morgan fingerprint density at radius 1 is 1.31 bits per heavy atom. The number of benzene rings is 1. The molecular formula is C18H20N4O4. The van der Waals surface area contributed by atoms with E-state index in [2.05, 4.69) is 15.6 Å². The number of ether oxygens (including phenoxy) is 1. The topological polar surface area (TPSA) is 96.7 Å². The maximum absolute atomic E-state index is 12.6. The van der Waals surface area contributed by atoms with Crippen LogP contribution in [0.5, 0.6) is 0 Å². The summed E-state index contributed by atoms with van der Waals surface area (Å²) in [7, 11) is 0. The number of carbonyl (C=O) groups is 2. The van der Waals surface area contributed by atoms with Crippen molar-refractivity contribution in [2.75, 3.05) is 35.2 Å². The van der Waals surface area contributed by atoms with Crippen LogP contribution >= 0.6 is 0 Å². The van der Waals surface area contributed by atoms with E-state index in [1.807, 2.05) is 29.2 Å². The molecule has 0 saturated carbocycles. The summed E-state index contributed by atoms with van der Waals surface area (Å²) in [6, 6.07) is 8.05. The van der Waals surface area contributed by atoms with E-state index in [9.17, 15) is 9.59 Å². The van der Waals surface area contributed by atoms with Gasteiger partial charge in [-0.1, -0.05) is 12.1 Å². The van der Waals surface area contributed by atoms with Gasteiger partial charge in [-0.25, -0.2) is 4.79 Å². The first-order chi connectivity index (χ1) is 12.6. The van der Waals surface area contributed by atoms with E-state index in [1.54, 1.807) is 6.92 Å². The number of oxazole rings is 1. The molecule has 1 spiro atoms. The molecule has 2 aliphatic rings. The van der Waals surface area contributed by atoms with Gasteiger partial charge < -0.3 is 24.7 Å². The normalized spacial score (nSPS) is 18.0. The predicted molar refractivity (Wildman–Crippen MR) is 95.3 cm³/mol. The van der Waals surface area contributed by atoms with Gasteiger partial charge in [0.15, 0.2) is 5.69 Å². The molecule has 2 N–H and O–H groups in total. The summed E-state index contributed by atoms with van der Waals surface area (Å²) in [5.41, 5.74) is 1.25. The molecule has 0 unspecified atom stereocenters. The molecule has 1 saturated heterocycles. The van der Waals surface area contributed by atoms with Gasteiger partial charge in [-0.2, -0.15) is 4.98 Å². The summed E-state index contributed by atoms with van der Waals surface area (Å²) >= 11 is 0. The Labute approximate surface area is 150 Å². The number of carbonyl (C=O) groups excluding carboxylic acids is 2. The van der Waals surface area contributed by atoms with Gasteiger partial charge in [0, 0.05) is 13.1 Å². The molecule has 0 aliphatic carbocycles. The zero-order chi connectivity index (χ0) is 18.1. The molecule has 3 heterocycles. The van der Waals surface area contributed by atoms with Crippen molar-refractivity contribution in [3.05, 3.63) is 36.2 Å². The lowest BCUT2D eigenvalue weighted by Gasteiger charge is -2.43. The molecule has 26 heavy (non-hydrogen) atoms. The van der Waals surface area contributed by atoms with Crippen LogP contribution in [0.1, 0.15) is 30.3 Å². The summed E-state index contributed by atoms with van der Waals surface area (Å²) in [5.74, 6) is -0.517. The molecule has 1 fully saturated rings.